The van der Waals surface area contributed by atoms with Crippen LogP contribution in [0.3, 0.4) is 0 Å². The second kappa shape index (κ2) is 8.66. The first-order valence-electron chi connectivity index (χ1n) is 8.05. The van der Waals surface area contributed by atoms with Gasteiger partial charge in [0, 0.05) is 26.1 Å². The number of ether oxygens (including phenoxy) is 1. The summed E-state index contributed by atoms with van der Waals surface area (Å²) in [7, 11) is 1.69. The second-order valence-electron chi connectivity index (χ2n) is 6.95. The molecule has 134 valence electrons. The lowest BCUT2D eigenvalue weighted by Gasteiger charge is -2.25. The van der Waals surface area contributed by atoms with Crippen molar-refractivity contribution in [3.63, 3.8) is 0 Å². The van der Waals surface area contributed by atoms with Gasteiger partial charge in [0.2, 0.25) is 5.91 Å². The van der Waals surface area contributed by atoms with E-state index in [1.165, 1.54) is 12.1 Å². The van der Waals surface area contributed by atoms with Gasteiger partial charge < -0.3 is 15.0 Å². The van der Waals surface area contributed by atoms with Crippen molar-refractivity contribution in [1.82, 2.24) is 10.2 Å². The maximum atomic E-state index is 12.8. The quantitative estimate of drug-likeness (QED) is 0.867. The summed E-state index contributed by atoms with van der Waals surface area (Å²) in [6.07, 6.45) is 0.390. The monoisotopic (exact) mass is 338 g/mol. The van der Waals surface area contributed by atoms with Gasteiger partial charge in [0.25, 0.3) is 0 Å². The largest absolute Gasteiger partial charge is 0.444 e. The van der Waals surface area contributed by atoms with Crippen molar-refractivity contribution in [3.8, 4) is 0 Å². The Labute approximate surface area is 143 Å². The van der Waals surface area contributed by atoms with Gasteiger partial charge in [-0.05, 0) is 51.8 Å². The third kappa shape index (κ3) is 7.94. The highest BCUT2D eigenvalue weighted by molar-refractivity contribution is 5.76. The minimum absolute atomic E-state index is 0.0304. The molecule has 0 aliphatic rings. The highest BCUT2D eigenvalue weighted by atomic mass is 19.1. The summed E-state index contributed by atoms with van der Waals surface area (Å²) in [6.45, 7) is 7.59. The van der Waals surface area contributed by atoms with E-state index < -0.39 is 11.7 Å². The van der Waals surface area contributed by atoms with Crippen LogP contribution in [0.4, 0.5) is 9.18 Å². The second-order valence-corrected chi connectivity index (χ2v) is 6.95. The molecular formula is C18H27FN2O3. The van der Waals surface area contributed by atoms with E-state index in [1.54, 1.807) is 44.9 Å². The van der Waals surface area contributed by atoms with Crippen molar-refractivity contribution in [2.24, 2.45) is 0 Å². The van der Waals surface area contributed by atoms with Gasteiger partial charge in [-0.3, -0.25) is 4.79 Å². The minimum atomic E-state index is -0.555. The molecular weight excluding hydrogens is 311 g/mol. The molecule has 1 rings (SSSR count). The van der Waals surface area contributed by atoms with Crippen LogP contribution in [-0.2, 0) is 16.0 Å². The Morgan fingerprint density at radius 3 is 2.38 bits per heavy atom. The normalized spacial score (nSPS) is 12.4. The number of amides is 2. The lowest BCUT2D eigenvalue weighted by molar-refractivity contribution is -0.130. The number of nitrogens with zero attached hydrogens (tertiary/aromatic N) is 1. The molecule has 0 aliphatic heterocycles. The Morgan fingerprint density at radius 1 is 1.25 bits per heavy atom. The average molecular weight is 338 g/mol. The standard InChI is InChI=1S/C18H27FN2O3/c1-13(20-17(23)24-18(2,3)4)12-21(5)16(22)11-8-14-6-9-15(19)10-7-14/h6-7,9-10,13H,8,11-12H2,1-5H3,(H,20,23). The summed E-state index contributed by atoms with van der Waals surface area (Å²) < 4.78 is 18.0. The number of nitrogens with one attached hydrogen (secondary N) is 1. The van der Waals surface area contributed by atoms with Crippen LogP contribution in [0.1, 0.15) is 39.7 Å². The van der Waals surface area contributed by atoms with E-state index in [0.717, 1.165) is 5.56 Å². The number of hydrogen-bond acceptors (Lipinski definition) is 3. The number of rotatable bonds is 6. The number of hydrogen-bond donors (Lipinski definition) is 1. The van der Waals surface area contributed by atoms with E-state index in [9.17, 15) is 14.0 Å². The Balaban J connectivity index is 2.37. The zero-order chi connectivity index (χ0) is 18.3. The van der Waals surface area contributed by atoms with Crippen molar-refractivity contribution in [2.75, 3.05) is 13.6 Å². The number of aryl methyl sites for hydroxylation is 1. The molecule has 6 heteroatoms. The van der Waals surface area contributed by atoms with Gasteiger partial charge in [0.15, 0.2) is 0 Å². The topological polar surface area (TPSA) is 58.6 Å². The number of likely N-dealkylation sites (N-methyl/N-ethyl adjacent to an activating group) is 1. The maximum absolute atomic E-state index is 12.8. The molecule has 0 aliphatic carbocycles. The van der Waals surface area contributed by atoms with E-state index in [-0.39, 0.29) is 17.8 Å². The lowest BCUT2D eigenvalue weighted by atomic mass is 10.1. The first-order valence-corrected chi connectivity index (χ1v) is 8.05. The fourth-order valence-electron chi connectivity index (χ4n) is 2.16. The molecule has 2 amide bonds. The number of alkyl carbamates (subject to hydrolysis) is 1. The van der Waals surface area contributed by atoms with E-state index >= 15 is 0 Å². The van der Waals surface area contributed by atoms with Crippen molar-refractivity contribution in [2.45, 2.75) is 52.2 Å². The smallest absolute Gasteiger partial charge is 0.407 e. The van der Waals surface area contributed by atoms with Gasteiger partial charge in [-0.15, -0.1) is 0 Å². The molecule has 0 saturated carbocycles. The van der Waals surface area contributed by atoms with Crippen molar-refractivity contribution < 1.29 is 18.7 Å². The lowest BCUT2D eigenvalue weighted by Crippen LogP contribution is -2.44. The zero-order valence-electron chi connectivity index (χ0n) is 15.1. The van der Waals surface area contributed by atoms with Gasteiger partial charge in [-0.25, -0.2) is 9.18 Å². The van der Waals surface area contributed by atoms with Crippen LogP contribution in [-0.4, -0.2) is 42.1 Å². The van der Waals surface area contributed by atoms with Crippen molar-refractivity contribution in [3.05, 3.63) is 35.6 Å². The molecule has 0 fully saturated rings. The van der Waals surface area contributed by atoms with Gasteiger partial charge in [-0.2, -0.15) is 0 Å². The van der Waals surface area contributed by atoms with Crippen molar-refractivity contribution in [1.29, 1.82) is 0 Å². The Bertz CT molecular complexity index is 552. The maximum Gasteiger partial charge on any atom is 0.407 e. The Morgan fingerprint density at radius 2 is 1.83 bits per heavy atom. The minimum Gasteiger partial charge on any atom is -0.444 e. The fraction of sp³-hybridized carbons (Fsp3) is 0.556. The third-order valence-corrected chi connectivity index (χ3v) is 3.28. The summed E-state index contributed by atoms with van der Waals surface area (Å²) in [5.41, 5.74) is 0.360. The summed E-state index contributed by atoms with van der Waals surface area (Å²) in [6, 6.07) is 5.90. The van der Waals surface area contributed by atoms with Crippen molar-refractivity contribution >= 4 is 12.0 Å². The molecule has 24 heavy (non-hydrogen) atoms. The highest BCUT2D eigenvalue weighted by Gasteiger charge is 2.19. The molecule has 1 aromatic carbocycles. The molecule has 0 saturated heterocycles. The molecule has 5 nitrogen and oxygen atoms in total. The molecule has 0 spiro atoms. The molecule has 0 bridgehead atoms. The summed E-state index contributed by atoms with van der Waals surface area (Å²) in [5, 5.41) is 2.71. The summed E-state index contributed by atoms with van der Waals surface area (Å²) in [5.74, 6) is -0.318. The predicted molar refractivity (Wildman–Crippen MR) is 91.2 cm³/mol. The molecule has 1 unspecified atom stereocenters. The van der Waals surface area contributed by atoms with E-state index in [0.29, 0.717) is 19.4 Å². The van der Waals surface area contributed by atoms with E-state index in [1.807, 2.05) is 6.92 Å². The van der Waals surface area contributed by atoms with Gasteiger partial charge in [-0.1, -0.05) is 12.1 Å². The fourth-order valence-corrected chi connectivity index (χ4v) is 2.16. The van der Waals surface area contributed by atoms with Gasteiger partial charge in [0.05, 0.1) is 0 Å². The number of benzene rings is 1. The highest BCUT2D eigenvalue weighted by Crippen LogP contribution is 2.08. The van der Waals surface area contributed by atoms with Crippen LogP contribution in [0.25, 0.3) is 0 Å². The summed E-state index contributed by atoms with van der Waals surface area (Å²) in [4.78, 5) is 25.4. The van der Waals surface area contributed by atoms with Crippen LogP contribution in [0.15, 0.2) is 24.3 Å². The number of carbonyl (C=O) groups is 2. The Hall–Kier alpha value is -2.11. The molecule has 1 N–H and O–H groups in total. The predicted octanol–water partition coefficient (Wildman–Crippen LogP) is 3.13. The van der Waals surface area contributed by atoms with Gasteiger partial charge >= 0.3 is 6.09 Å². The average Bonchev–Trinajstić information content (AvgIpc) is 2.43. The van der Waals surface area contributed by atoms with E-state index in [4.69, 9.17) is 4.74 Å². The molecule has 0 radical (unpaired) electrons. The molecule has 1 aromatic rings. The van der Waals surface area contributed by atoms with Gasteiger partial charge in [0.1, 0.15) is 11.4 Å². The Kier molecular flexibility index (Phi) is 7.19. The molecule has 1 atom stereocenters. The first kappa shape index (κ1) is 19.9. The van der Waals surface area contributed by atoms with Crippen LogP contribution in [0.5, 0.6) is 0 Å². The van der Waals surface area contributed by atoms with Crippen LogP contribution >= 0.6 is 0 Å². The summed E-state index contributed by atoms with van der Waals surface area (Å²) >= 11 is 0. The third-order valence-electron chi connectivity index (χ3n) is 3.28. The number of halogens is 1. The number of carbonyl (C=O) groups excluding carboxylic acids is 2. The molecule has 0 aromatic heterocycles. The first-order chi connectivity index (χ1) is 11.1. The zero-order valence-corrected chi connectivity index (χ0v) is 15.1. The van der Waals surface area contributed by atoms with Crippen LogP contribution < -0.4 is 5.32 Å². The van der Waals surface area contributed by atoms with Crippen LogP contribution in [0, 0.1) is 5.82 Å². The molecule has 0 heterocycles. The van der Waals surface area contributed by atoms with Crippen LogP contribution in [0.2, 0.25) is 0 Å². The SMILES string of the molecule is CC(CN(C)C(=O)CCc1ccc(F)cc1)NC(=O)OC(C)(C)C. The van der Waals surface area contributed by atoms with E-state index in [2.05, 4.69) is 5.32 Å².